The minimum Gasteiger partial charge on any atom is -0.480 e. The topological polar surface area (TPSA) is 108 Å². The molecular formula is C8H16N2O5. The number of hydrogen-bond acceptors (Lipinski definition) is 4. The summed E-state index contributed by atoms with van der Waals surface area (Å²) < 4.78 is 4.78. The maximum atomic E-state index is 11.1. The Hall–Kier alpha value is -1.34. The second kappa shape index (κ2) is 7.02. The summed E-state index contributed by atoms with van der Waals surface area (Å²) in [6.45, 7) is 1.38. The zero-order valence-electron chi connectivity index (χ0n) is 8.69. The van der Waals surface area contributed by atoms with Gasteiger partial charge in [-0.25, -0.2) is 9.59 Å². The molecule has 88 valence electrons. The highest BCUT2D eigenvalue weighted by Crippen LogP contribution is 1.85. The fourth-order valence-electron chi connectivity index (χ4n) is 0.901. The van der Waals surface area contributed by atoms with Crippen LogP contribution in [0.5, 0.6) is 0 Å². The monoisotopic (exact) mass is 220 g/mol. The molecule has 7 nitrogen and oxygen atoms in total. The number of aliphatic hydroxyl groups excluding tert-OH is 1. The van der Waals surface area contributed by atoms with Gasteiger partial charge < -0.3 is 25.6 Å². The van der Waals surface area contributed by atoms with Crippen LogP contribution in [-0.4, -0.2) is 54.6 Å². The number of urea groups is 1. The van der Waals surface area contributed by atoms with E-state index in [9.17, 15) is 9.59 Å². The quantitative estimate of drug-likeness (QED) is 0.448. The third-order valence-corrected chi connectivity index (χ3v) is 1.58. The third-order valence-electron chi connectivity index (χ3n) is 1.58. The maximum Gasteiger partial charge on any atom is 0.328 e. The molecule has 2 atom stereocenters. The van der Waals surface area contributed by atoms with Crippen LogP contribution in [0.4, 0.5) is 4.79 Å². The predicted octanol–water partition coefficient (Wildman–Crippen LogP) is -1.23. The van der Waals surface area contributed by atoms with Crippen molar-refractivity contribution in [1.82, 2.24) is 10.6 Å². The van der Waals surface area contributed by atoms with Crippen molar-refractivity contribution in [3.63, 3.8) is 0 Å². The van der Waals surface area contributed by atoms with Crippen LogP contribution < -0.4 is 10.6 Å². The van der Waals surface area contributed by atoms with E-state index in [0.29, 0.717) is 6.61 Å². The van der Waals surface area contributed by atoms with Crippen molar-refractivity contribution in [1.29, 1.82) is 0 Å². The van der Waals surface area contributed by atoms with E-state index in [1.54, 1.807) is 6.92 Å². The highest BCUT2D eigenvalue weighted by Gasteiger charge is 2.19. The number of aliphatic hydroxyl groups is 1. The van der Waals surface area contributed by atoms with E-state index in [2.05, 4.69) is 10.6 Å². The number of amides is 2. The van der Waals surface area contributed by atoms with Gasteiger partial charge in [0, 0.05) is 7.11 Å². The van der Waals surface area contributed by atoms with Crippen molar-refractivity contribution in [2.24, 2.45) is 0 Å². The number of methoxy groups -OCH3 is 1. The minimum atomic E-state index is -1.29. The first-order valence-electron chi connectivity index (χ1n) is 4.40. The molecule has 0 saturated carbocycles. The summed E-state index contributed by atoms with van der Waals surface area (Å²) >= 11 is 0. The SMILES string of the molecule is COCC(C)NC(=O)N[C@@H](CO)C(=O)O. The summed E-state index contributed by atoms with van der Waals surface area (Å²) in [5.74, 6) is -1.29. The lowest BCUT2D eigenvalue weighted by Gasteiger charge is -2.16. The Morgan fingerprint density at radius 1 is 1.40 bits per heavy atom. The number of carboxylic acid groups (broad SMARTS) is 1. The van der Waals surface area contributed by atoms with E-state index in [1.807, 2.05) is 0 Å². The molecule has 0 aliphatic heterocycles. The van der Waals surface area contributed by atoms with Crippen LogP contribution in [0.2, 0.25) is 0 Å². The minimum absolute atomic E-state index is 0.233. The van der Waals surface area contributed by atoms with Crippen molar-refractivity contribution < 1.29 is 24.5 Å². The van der Waals surface area contributed by atoms with Crippen LogP contribution in [0.3, 0.4) is 0 Å². The molecule has 4 N–H and O–H groups in total. The van der Waals surface area contributed by atoms with E-state index < -0.39 is 24.6 Å². The van der Waals surface area contributed by atoms with Crippen molar-refractivity contribution in [2.75, 3.05) is 20.3 Å². The van der Waals surface area contributed by atoms with Gasteiger partial charge in [-0.2, -0.15) is 0 Å². The Bertz CT molecular complexity index is 221. The number of carbonyl (C=O) groups is 2. The number of hydrogen-bond donors (Lipinski definition) is 4. The molecule has 2 amide bonds. The number of aliphatic carboxylic acids is 1. The van der Waals surface area contributed by atoms with Crippen molar-refractivity contribution in [3.8, 4) is 0 Å². The van der Waals surface area contributed by atoms with Gasteiger partial charge in [0.25, 0.3) is 0 Å². The molecule has 1 unspecified atom stereocenters. The molecule has 0 rings (SSSR count). The fraction of sp³-hybridized carbons (Fsp3) is 0.750. The number of rotatable bonds is 6. The zero-order chi connectivity index (χ0) is 11.8. The van der Waals surface area contributed by atoms with Gasteiger partial charge in [-0.15, -0.1) is 0 Å². The molecule has 0 fully saturated rings. The van der Waals surface area contributed by atoms with Gasteiger partial charge in [0.05, 0.1) is 19.3 Å². The van der Waals surface area contributed by atoms with E-state index in [4.69, 9.17) is 14.9 Å². The van der Waals surface area contributed by atoms with E-state index in [0.717, 1.165) is 0 Å². The highest BCUT2D eigenvalue weighted by atomic mass is 16.5. The summed E-state index contributed by atoms with van der Waals surface area (Å²) in [5, 5.41) is 21.7. The molecule has 0 aromatic carbocycles. The largest absolute Gasteiger partial charge is 0.480 e. The molecule has 0 aliphatic rings. The van der Waals surface area contributed by atoms with Gasteiger partial charge in [-0.05, 0) is 6.92 Å². The van der Waals surface area contributed by atoms with Crippen LogP contribution >= 0.6 is 0 Å². The van der Waals surface area contributed by atoms with E-state index in [1.165, 1.54) is 7.11 Å². The molecule has 0 saturated heterocycles. The normalized spacial score (nSPS) is 14.1. The fourth-order valence-corrected chi connectivity index (χ4v) is 0.901. The molecule has 15 heavy (non-hydrogen) atoms. The molecule has 7 heteroatoms. The van der Waals surface area contributed by atoms with E-state index in [-0.39, 0.29) is 6.04 Å². The van der Waals surface area contributed by atoms with Gasteiger partial charge >= 0.3 is 12.0 Å². The lowest BCUT2D eigenvalue weighted by molar-refractivity contribution is -0.140. The maximum absolute atomic E-state index is 11.1. The molecule has 0 aromatic heterocycles. The predicted molar refractivity (Wildman–Crippen MR) is 51.5 cm³/mol. The summed E-state index contributed by atoms with van der Waals surface area (Å²) in [7, 11) is 1.49. The lowest BCUT2D eigenvalue weighted by Crippen LogP contribution is -2.50. The smallest absolute Gasteiger partial charge is 0.328 e. The second-order valence-electron chi connectivity index (χ2n) is 3.05. The van der Waals surface area contributed by atoms with Gasteiger partial charge in [0.1, 0.15) is 0 Å². The van der Waals surface area contributed by atoms with Crippen molar-refractivity contribution in [3.05, 3.63) is 0 Å². The third kappa shape index (κ3) is 5.87. The zero-order valence-corrected chi connectivity index (χ0v) is 8.69. The summed E-state index contributed by atoms with van der Waals surface area (Å²) in [6.07, 6.45) is 0. The second-order valence-corrected chi connectivity index (χ2v) is 3.05. The Balaban J connectivity index is 3.96. The number of carboxylic acids is 1. The Morgan fingerprint density at radius 3 is 2.40 bits per heavy atom. The Morgan fingerprint density at radius 2 is 2.00 bits per heavy atom. The van der Waals surface area contributed by atoms with E-state index >= 15 is 0 Å². The first-order chi connectivity index (χ1) is 7.01. The molecule has 0 aliphatic carbocycles. The summed E-state index contributed by atoms with van der Waals surface area (Å²) in [5.41, 5.74) is 0. The molecule has 0 bridgehead atoms. The Labute approximate surface area is 87.4 Å². The summed E-state index contributed by atoms with van der Waals surface area (Å²) in [6, 6.07) is -2.18. The van der Waals surface area contributed by atoms with Crippen molar-refractivity contribution >= 4 is 12.0 Å². The highest BCUT2D eigenvalue weighted by molar-refractivity contribution is 5.82. The number of ether oxygens (including phenoxy) is 1. The standard InChI is InChI=1S/C8H16N2O5/c1-5(4-15-2)9-8(14)10-6(3-11)7(12)13/h5-6,11H,3-4H2,1-2H3,(H,12,13)(H2,9,10,14)/t5?,6-/m0/s1. The van der Waals surface area contributed by atoms with Crippen LogP contribution in [0.25, 0.3) is 0 Å². The number of carbonyl (C=O) groups excluding carboxylic acids is 1. The van der Waals surface area contributed by atoms with Gasteiger partial charge in [-0.1, -0.05) is 0 Å². The summed E-state index contributed by atoms with van der Waals surface area (Å²) in [4.78, 5) is 21.6. The van der Waals surface area contributed by atoms with Gasteiger partial charge in [-0.3, -0.25) is 0 Å². The molecule has 0 heterocycles. The molecule has 0 radical (unpaired) electrons. The first-order valence-corrected chi connectivity index (χ1v) is 4.40. The first kappa shape index (κ1) is 13.7. The average Bonchev–Trinajstić information content (AvgIpc) is 2.13. The lowest BCUT2D eigenvalue weighted by atomic mass is 10.3. The van der Waals surface area contributed by atoms with Gasteiger partial charge in [0.2, 0.25) is 0 Å². The van der Waals surface area contributed by atoms with Crippen LogP contribution in [-0.2, 0) is 9.53 Å². The molecule has 0 aromatic rings. The van der Waals surface area contributed by atoms with Crippen LogP contribution in [0.1, 0.15) is 6.92 Å². The van der Waals surface area contributed by atoms with Crippen LogP contribution in [0.15, 0.2) is 0 Å². The molecule has 0 spiro atoms. The van der Waals surface area contributed by atoms with Gasteiger partial charge in [0.15, 0.2) is 6.04 Å². The molecular weight excluding hydrogens is 204 g/mol. The van der Waals surface area contributed by atoms with Crippen molar-refractivity contribution in [2.45, 2.75) is 19.0 Å². The Kier molecular flexibility index (Phi) is 6.39. The average molecular weight is 220 g/mol. The number of nitrogens with one attached hydrogen (secondary N) is 2. The van der Waals surface area contributed by atoms with Crippen LogP contribution in [0, 0.1) is 0 Å².